The van der Waals surface area contributed by atoms with Crippen molar-refractivity contribution >= 4 is 0 Å². The highest BCUT2D eigenvalue weighted by Crippen LogP contribution is 2.34. The topological polar surface area (TPSA) is 32.7 Å². The number of piperidine rings is 1. The fourth-order valence-corrected chi connectivity index (χ4v) is 3.64. The van der Waals surface area contributed by atoms with E-state index < -0.39 is 5.60 Å². The number of aliphatic hydroxyl groups is 1. The van der Waals surface area contributed by atoms with E-state index in [-0.39, 0.29) is 5.60 Å². The molecule has 1 aromatic rings. The van der Waals surface area contributed by atoms with Gasteiger partial charge in [-0.2, -0.15) is 0 Å². The van der Waals surface area contributed by atoms with Crippen LogP contribution in [0.2, 0.25) is 0 Å². The summed E-state index contributed by atoms with van der Waals surface area (Å²) < 4.78 is 6.08. The van der Waals surface area contributed by atoms with Crippen LogP contribution in [0.5, 0.6) is 0 Å². The maximum atomic E-state index is 10.8. The van der Waals surface area contributed by atoms with Crippen molar-refractivity contribution in [1.29, 1.82) is 0 Å². The number of nitrogens with zero attached hydrogens (tertiary/aromatic N) is 1. The van der Waals surface area contributed by atoms with Crippen molar-refractivity contribution in [2.24, 2.45) is 0 Å². The second kappa shape index (κ2) is 5.71. The molecule has 3 rings (SSSR count). The van der Waals surface area contributed by atoms with E-state index >= 15 is 0 Å². The number of ether oxygens (including phenoxy) is 1. The van der Waals surface area contributed by atoms with Gasteiger partial charge in [0.05, 0.1) is 17.3 Å². The van der Waals surface area contributed by atoms with Crippen LogP contribution in [-0.4, -0.2) is 41.3 Å². The first-order valence-corrected chi connectivity index (χ1v) is 8.15. The van der Waals surface area contributed by atoms with Crippen molar-refractivity contribution in [1.82, 2.24) is 4.90 Å². The molecule has 0 amide bonds. The maximum absolute atomic E-state index is 10.8. The summed E-state index contributed by atoms with van der Waals surface area (Å²) in [5.41, 5.74) is 0.460. The summed E-state index contributed by atoms with van der Waals surface area (Å²) >= 11 is 0. The summed E-state index contributed by atoms with van der Waals surface area (Å²) in [5.74, 6) is 0. The minimum Gasteiger partial charge on any atom is -0.385 e. The van der Waals surface area contributed by atoms with E-state index in [0.29, 0.717) is 6.10 Å². The van der Waals surface area contributed by atoms with E-state index in [9.17, 15) is 5.11 Å². The third-order valence-electron chi connectivity index (χ3n) is 5.01. The molecule has 116 valence electrons. The molecule has 0 aliphatic carbocycles. The molecular weight excluding hydrogens is 262 g/mol. The van der Waals surface area contributed by atoms with E-state index in [1.54, 1.807) is 0 Å². The van der Waals surface area contributed by atoms with Crippen molar-refractivity contribution in [2.45, 2.75) is 56.8 Å². The lowest BCUT2D eigenvalue weighted by Gasteiger charge is -2.39. The average molecular weight is 289 g/mol. The smallest absolute Gasteiger partial charge is 0.0920 e. The van der Waals surface area contributed by atoms with Gasteiger partial charge in [0.1, 0.15) is 0 Å². The standard InChI is InChI=1S/C18H27NO2/c1-17(2)9-8-16(21-17)14-19-12-10-18(20,11-13-19)15-6-4-3-5-7-15/h3-7,16,20H,8-14H2,1-2H3/t16-/m0/s1. The Bertz CT molecular complexity index is 463. The first-order valence-electron chi connectivity index (χ1n) is 8.15. The van der Waals surface area contributed by atoms with Gasteiger partial charge >= 0.3 is 0 Å². The van der Waals surface area contributed by atoms with Crippen molar-refractivity contribution < 1.29 is 9.84 Å². The molecule has 2 fully saturated rings. The average Bonchev–Trinajstić information content (AvgIpc) is 2.82. The van der Waals surface area contributed by atoms with Crippen molar-refractivity contribution in [3.05, 3.63) is 35.9 Å². The Hall–Kier alpha value is -0.900. The van der Waals surface area contributed by atoms with Gasteiger partial charge in [-0.25, -0.2) is 0 Å². The highest BCUT2D eigenvalue weighted by atomic mass is 16.5. The van der Waals surface area contributed by atoms with E-state index in [1.165, 1.54) is 0 Å². The molecule has 2 aliphatic rings. The number of rotatable bonds is 3. The molecule has 0 aromatic heterocycles. The highest BCUT2D eigenvalue weighted by Gasteiger charge is 2.37. The minimum atomic E-state index is -0.645. The van der Waals surface area contributed by atoms with Gasteiger partial charge in [0.25, 0.3) is 0 Å². The zero-order valence-corrected chi connectivity index (χ0v) is 13.2. The first kappa shape index (κ1) is 15.0. The van der Waals surface area contributed by atoms with E-state index in [0.717, 1.165) is 50.9 Å². The van der Waals surface area contributed by atoms with Crippen LogP contribution in [0.25, 0.3) is 0 Å². The quantitative estimate of drug-likeness (QED) is 0.928. The largest absolute Gasteiger partial charge is 0.385 e. The molecule has 0 bridgehead atoms. The lowest BCUT2D eigenvalue weighted by molar-refractivity contribution is -0.0567. The summed E-state index contributed by atoms with van der Waals surface area (Å²) in [4.78, 5) is 2.45. The van der Waals surface area contributed by atoms with Gasteiger partial charge in [-0.1, -0.05) is 30.3 Å². The molecule has 2 saturated heterocycles. The van der Waals surface area contributed by atoms with Crippen LogP contribution in [0.3, 0.4) is 0 Å². The summed E-state index contributed by atoms with van der Waals surface area (Å²) in [5, 5.41) is 10.8. The molecule has 3 nitrogen and oxygen atoms in total. The first-order chi connectivity index (χ1) is 9.97. The third kappa shape index (κ3) is 3.47. The Balaban J connectivity index is 1.54. The Kier molecular flexibility index (Phi) is 4.08. The highest BCUT2D eigenvalue weighted by molar-refractivity contribution is 5.22. The van der Waals surface area contributed by atoms with E-state index in [1.807, 2.05) is 30.3 Å². The molecule has 2 aliphatic heterocycles. The Morgan fingerprint density at radius 3 is 2.38 bits per heavy atom. The van der Waals surface area contributed by atoms with Gasteiger partial charge in [0.15, 0.2) is 0 Å². The summed E-state index contributed by atoms with van der Waals surface area (Å²) in [7, 11) is 0. The summed E-state index contributed by atoms with van der Waals surface area (Å²) in [6.45, 7) is 7.26. The number of hydrogen-bond acceptors (Lipinski definition) is 3. The van der Waals surface area contributed by atoms with Crippen LogP contribution in [0, 0.1) is 0 Å². The molecule has 3 heteroatoms. The molecule has 1 aromatic carbocycles. The lowest BCUT2D eigenvalue weighted by Crippen LogP contribution is -2.45. The zero-order chi connectivity index (χ0) is 14.9. The van der Waals surface area contributed by atoms with Crippen LogP contribution < -0.4 is 0 Å². The summed E-state index contributed by atoms with van der Waals surface area (Å²) in [6, 6.07) is 10.1. The molecule has 2 heterocycles. The maximum Gasteiger partial charge on any atom is 0.0920 e. The van der Waals surface area contributed by atoms with Crippen molar-refractivity contribution in [3.8, 4) is 0 Å². The number of benzene rings is 1. The predicted molar refractivity (Wildman–Crippen MR) is 84.2 cm³/mol. The van der Waals surface area contributed by atoms with Gasteiger partial charge in [-0.05, 0) is 45.1 Å². The van der Waals surface area contributed by atoms with Gasteiger partial charge < -0.3 is 14.7 Å². The normalized spacial score (nSPS) is 28.6. The molecule has 0 unspecified atom stereocenters. The number of likely N-dealkylation sites (tertiary alicyclic amines) is 1. The number of hydrogen-bond donors (Lipinski definition) is 1. The Labute approximate surface area is 127 Å². The van der Waals surface area contributed by atoms with Crippen molar-refractivity contribution in [3.63, 3.8) is 0 Å². The Morgan fingerprint density at radius 1 is 1.14 bits per heavy atom. The lowest BCUT2D eigenvalue weighted by atomic mass is 9.84. The molecular formula is C18H27NO2. The zero-order valence-electron chi connectivity index (χ0n) is 13.2. The van der Waals surface area contributed by atoms with Gasteiger partial charge in [0.2, 0.25) is 0 Å². The third-order valence-corrected chi connectivity index (χ3v) is 5.01. The van der Waals surface area contributed by atoms with E-state index in [4.69, 9.17) is 4.74 Å². The summed E-state index contributed by atoms with van der Waals surface area (Å²) in [6.07, 6.45) is 4.30. The fraction of sp³-hybridized carbons (Fsp3) is 0.667. The van der Waals surface area contributed by atoms with Crippen LogP contribution in [-0.2, 0) is 10.3 Å². The molecule has 0 radical (unpaired) electrons. The van der Waals surface area contributed by atoms with Gasteiger partial charge in [-0.3, -0.25) is 0 Å². The molecule has 0 saturated carbocycles. The van der Waals surface area contributed by atoms with E-state index in [2.05, 4.69) is 18.7 Å². The van der Waals surface area contributed by atoms with Crippen LogP contribution in [0.15, 0.2) is 30.3 Å². The monoisotopic (exact) mass is 289 g/mol. The van der Waals surface area contributed by atoms with Gasteiger partial charge in [-0.15, -0.1) is 0 Å². The second-order valence-electron chi connectivity index (χ2n) is 7.24. The molecule has 1 N–H and O–H groups in total. The minimum absolute atomic E-state index is 0.0469. The SMILES string of the molecule is CC1(C)CC[C@@H](CN2CCC(O)(c3ccccc3)CC2)O1. The van der Waals surface area contributed by atoms with Crippen molar-refractivity contribution in [2.75, 3.05) is 19.6 Å². The van der Waals surface area contributed by atoms with Crippen LogP contribution in [0.4, 0.5) is 0 Å². The van der Waals surface area contributed by atoms with Crippen LogP contribution >= 0.6 is 0 Å². The molecule has 0 spiro atoms. The van der Waals surface area contributed by atoms with Crippen LogP contribution in [0.1, 0.15) is 45.1 Å². The van der Waals surface area contributed by atoms with Gasteiger partial charge in [0, 0.05) is 19.6 Å². The second-order valence-corrected chi connectivity index (χ2v) is 7.24. The Morgan fingerprint density at radius 2 is 1.81 bits per heavy atom. The fourth-order valence-electron chi connectivity index (χ4n) is 3.64. The molecule has 1 atom stereocenters. The predicted octanol–water partition coefficient (Wildman–Crippen LogP) is 2.93. The molecule has 21 heavy (non-hydrogen) atoms.